The maximum Gasteiger partial charge on any atom is 0.270 e. The summed E-state index contributed by atoms with van der Waals surface area (Å²) >= 11 is 0. The van der Waals surface area contributed by atoms with E-state index < -0.39 is 14.9 Å². The third kappa shape index (κ3) is 4.52. The number of piperazine rings is 1. The quantitative estimate of drug-likeness (QED) is 0.392. The maximum atomic E-state index is 13.0. The fourth-order valence-electron chi connectivity index (χ4n) is 3.56. The Morgan fingerprint density at radius 3 is 2.35 bits per heavy atom. The number of aryl methyl sites for hydroxylation is 3. The van der Waals surface area contributed by atoms with E-state index >= 15 is 0 Å². The first-order chi connectivity index (χ1) is 14.5. The number of nitro groups is 1. The molecule has 166 valence electrons. The van der Waals surface area contributed by atoms with Crippen molar-refractivity contribution in [1.29, 1.82) is 0 Å². The normalized spacial score (nSPS) is 15.5. The second kappa shape index (κ2) is 8.60. The average molecular weight is 448 g/mol. The number of amides is 1. The molecular formula is C20H25N5O5S. The molecule has 11 heteroatoms. The first-order valence-electron chi connectivity index (χ1n) is 9.74. The van der Waals surface area contributed by atoms with Gasteiger partial charge in [-0.2, -0.15) is 9.40 Å². The van der Waals surface area contributed by atoms with E-state index in [2.05, 4.69) is 5.10 Å². The minimum atomic E-state index is -3.90. The van der Waals surface area contributed by atoms with Crippen molar-refractivity contribution in [1.82, 2.24) is 19.0 Å². The molecule has 0 unspecified atom stereocenters. The molecule has 0 aliphatic carbocycles. The highest BCUT2D eigenvalue weighted by atomic mass is 32.2. The number of non-ortho nitro benzene ring substituents is 1. The molecule has 1 aromatic carbocycles. The Morgan fingerprint density at radius 1 is 1.16 bits per heavy atom. The van der Waals surface area contributed by atoms with Crippen LogP contribution in [-0.4, -0.2) is 64.4 Å². The summed E-state index contributed by atoms with van der Waals surface area (Å²) in [5.74, 6) is -0.203. The lowest BCUT2D eigenvalue weighted by Gasteiger charge is -2.33. The standard InChI is InChI=1S/C20H25N5O5S/c1-14-5-6-17(25(27)28)13-19(14)31(29,30)24-11-9-23(10-12-24)20(26)8-7-18-15(2)21-22(4)16(18)3/h5-8,13H,9-12H2,1-4H3/b8-7+. The molecule has 0 bridgehead atoms. The molecular weight excluding hydrogens is 422 g/mol. The summed E-state index contributed by atoms with van der Waals surface area (Å²) in [6.45, 7) is 6.11. The number of benzene rings is 1. The van der Waals surface area contributed by atoms with Gasteiger partial charge in [0, 0.05) is 62.7 Å². The molecule has 1 fully saturated rings. The number of carbonyl (C=O) groups excluding carboxylic acids is 1. The van der Waals surface area contributed by atoms with Crippen molar-refractivity contribution in [2.24, 2.45) is 7.05 Å². The van der Waals surface area contributed by atoms with Gasteiger partial charge in [0.15, 0.2) is 0 Å². The average Bonchev–Trinajstić information content (AvgIpc) is 2.97. The van der Waals surface area contributed by atoms with Crippen LogP contribution in [0.25, 0.3) is 6.08 Å². The van der Waals surface area contributed by atoms with Crippen LogP contribution in [0.2, 0.25) is 0 Å². The molecule has 1 aliphatic rings. The van der Waals surface area contributed by atoms with E-state index in [9.17, 15) is 23.3 Å². The van der Waals surface area contributed by atoms with Crippen molar-refractivity contribution in [3.63, 3.8) is 0 Å². The molecule has 1 aromatic heterocycles. The summed E-state index contributed by atoms with van der Waals surface area (Å²) in [5.41, 5.74) is 2.83. The van der Waals surface area contributed by atoms with Crippen LogP contribution in [0.5, 0.6) is 0 Å². The summed E-state index contributed by atoms with van der Waals surface area (Å²) in [5, 5.41) is 15.4. The SMILES string of the molecule is Cc1ccc([N+](=O)[O-])cc1S(=O)(=O)N1CCN(C(=O)/C=C/c2c(C)nn(C)c2C)CC1. The Hall–Kier alpha value is -3.05. The zero-order chi connectivity index (χ0) is 22.9. The monoisotopic (exact) mass is 447 g/mol. The number of nitro benzene ring substituents is 1. The predicted octanol–water partition coefficient (Wildman–Crippen LogP) is 1.80. The highest BCUT2D eigenvalue weighted by molar-refractivity contribution is 7.89. The van der Waals surface area contributed by atoms with E-state index in [4.69, 9.17) is 0 Å². The highest BCUT2D eigenvalue weighted by Crippen LogP contribution is 2.25. The van der Waals surface area contributed by atoms with Crippen molar-refractivity contribution in [3.8, 4) is 0 Å². The zero-order valence-electron chi connectivity index (χ0n) is 17.9. The van der Waals surface area contributed by atoms with Gasteiger partial charge in [-0.05, 0) is 32.4 Å². The van der Waals surface area contributed by atoms with Crippen molar-refractivity contribution < 1.29 is 18.1 Å². The van der Waals surface area contributed by atoms with Crippen LogP contribution in [0.1, 0.15) is 22.5 Å². The minimum Gasteiger partial charge on any atom is -0.337 e. The van der Waals surface area contributed by atoms with E-state index in [-0.39, 0.29) is 42.7 Å². The van der Waals surface area contributed by atoms with Gasteiger partial charge in [-0.3, -0.25) is 19.6 Å². The molecule has 0 N–H and O–H groups in total. The van der Waals surface area contributed by atoms with E-state index in [0.29, 0.717) is 5.56 Å². The zero-order valence-corrected chi connectivity index (χ0v) is 18.7. The van der Waals surface area contributed by atoms with E-state index in [1.54, 1.807) is 22.6 Å². The number of carbonyl (C=O) groups is 1. The third-order valence-electron chi connectivity index (χ3n) is 5.51. The second-order valence-electron chi connectivity index (χ2n) is 7.48. The van der Waals surface area contributed by atoms with Gasteiger partial charge >= 0.3 is 0 Å². The predicted molar refractivity (Wildman–Crippen MR) is 115 cm³/mol. The Balaban J connectivity index is 1.70. The lowest BCUT2D eigenvalue weighted by molar-refractivity contribution is -0.385. The van der Waals surface area contributed by atoms with Crippen molar-refractivity contribution in [2.75, 3.05) is 26.2 Å². The first kappa shape index (κ1) is 22.6. The fraction of sp³-hybridized carbons (Fsp3) is 0.400. The Bertz CT molecular complexity index is 1160. The van der Waals surface area contributed by atoms with Gasteiger partial charge < -0.3 is 4.90 Å². The largest absolute Gasteiger partial charge is 0.337 e. The molecule has 1 aliphatic heterocycles. The van der Waals surface area contributed by atoms with Gasteiger partial charge in [0.2, 0.25) is 15.9 Å². The lowest BCUT2D eigenvalue weighted by Crippen LogP contribution is -2.50. The number of rotatable bonds is 5. The molecule has 3 rings (SSSR count). The number of hydrogen-bond donors (Lipinski definition) is 0. The summed E-state index contributed by atoms with van der Waals surface area (Å²) in [6, 6.07) is 3.80. The number of aromatic nitrogens is 2. The summed E-state index contributed by atoms with van der Waals surface area (Å²) in [7, 11) is -2.06. The molecule has 0 saturated carbocycles. The van der Waals surface area contributed by atoms with Gasteiger partial charge in [0.1, 0.15) is 0 Å². The smallest absolute Gasteiger partial charge is 0.270 e. The number of sulfonamides is 1. The number of nitrogens with zero attached hydrogens (tertiary/aromatic N) is 5. The summed E-state index contributed by atoms with van der Waals surface area (Å²) < 4.78 is 29.1. The van der Waals surface area contributed by atoms with Crippen LogP contribution in [0.15, 0.2) is 29.2 Å². The molecule has 2 heterocycles. The lowest BCUT2D eigenvalue weighted by atomic mass is 10.2. The van der Waals surface area contributed by atoms with Crippen molar-refractivity contribution >= 4 is 27.7 Å². The third-order valence-corrected chi connectivity index (χ3v) is 7.55. The van der Waals surface area contributed by atoms with Crippen molar-refractivity contribution in [3.05, 3.63) is 56.9 Å². The summed E-state index contributed by atoms with van der Waals surface area (Å²) in [6.07, 6.45) is 3.21. The Kier molecular flexibility index (Phi) is 6.27. The molecule has 31 heavy (non-hydrogen) atoms. The van der Waals surface area contributed by atoms with Gasteiger partial charge in [-0.15, -0.1) is 0 Å². The molecule has 0 radical (unpaired) electrons. The second-order valence-corrected chi connectivity index (χ2v) is 9.38. The fourth-order valence-corrected chi connectivity index (χ4v) is 5.23. The van der Waals surface area contributed by atoms with Gasteiger partial charge in [0.25, 0.3) is 5.69 Å². The molecule has 1 amide bonds. The molecule has 0 atom stereocenters. The van der Waals surface area contributed by atoms with Crippen LogP contribution < -0.4 is 0 Å². The summed E-state index contributed by atoms with van der Waals surface area (Å²) in [4.78, 5) is 24.5. The Morgan fingerprint density at radius 2 is 1.81 bits per heavy atom. The molecule has 10 nitrogen and oxygen atoms in total. The van der Waals surface area contributed by atoms with Crippen LogP contribution in [-0.2, 0) is 21.9 Å². The molecule has 2 aromatic rings. The van der Waals surface area contributed by atoms with Crippen LogP contribution in [0.4, 0.5) is 5.69 Å². The van der Waals surface area contributed by atoms with Crippen molar-refractivity contribution in [2.45, 2.75) is 25.7 Å². The van der Waals surface area contributed by atoms with Crippen LogP contribution >= 0.6 is 0 Å². The van der Waals surface area contributed by atoms with Crippen LogP contribution in [0, 0.1) is 30.9 Å². The first-order valence-corrected chi connectivity index (χ1v) is 11.2. The maximum absolute atomic E-state index is 13.0. The van der Waals surface area contributed by atoms with Gasteiger partial charge in [-0.25, -0.2) is 8.42 Å². The van der Waals surface area contributed by atoms with Gasteiger partial charge in [0.05, 0.1) is 15.5 Å². The molecule has 1 saturated heterocycles. The minimum absolute atomic E-state index is 0.0797. The van der Waals surface area contributed by atoms with E-state index in [1.807, 2.05) is 20.9 Å². The highest BCUT2D eigenvalue weighted by Gasteiger charge is 2.31. The number of hydrogen-bond acceptors (Lipinski definition) is 6. The van der Waals surface area contributed by atoms with E-state index in [1.165, 1.54) is 22.5 Å². The van der Waals surface area contributed by atoms with Gasteiger partial charge in [-0.1, -0.05) is 6.07 Å². The van der Waals surface area contributed by atoms with Crippen LogP contribution in [0.3, 0.4) is 0 Å². The topological polar surface area (TPSA) is 119 Å². The Labute approximate surface area is 181 Å². The molecule has 0 spiro atoms. The van der Waals surface area contributed by atoms with E-state index in [0.717, 1.165) is 23.0 Å².